The Morgan fingerprint density at radius 2 is 2.00 bits per heavy atom. The van der Waals surface area contributed by atoms with Crippen LogP contribution in [0.2, 0.25) is 0 Å². The molecule has 1 saturated carbocycles. The van der Waals surface area contributed by atoms with Gasteiger partial charge in [-0.25, -0.2) is 8.78 Å². The van der Waals surface area contributed by atoms with Crippen molar-refractivity contribution in [2.75, 3.05) is 6.54 Å². The molecule has 7 nitrogen and oxygen atoms in total. The molecule has 1 aromatic carbocycles. The van der Waals surface area contributed by atoms with Crippen LogP contribution in [0.15, 0.2) is 29.2 Å². The minimum atomic E-state index is -0.945. The number of carbonyl (C=O) groups excluding carboxylic acids is 2. The second-order valence-corrected chi connectivity index (χ2v) is 8.08. The van der Waals surface area contributed by atoms with Crippen molar-refractivity contribution in [3.8, 4) is 5.75 Å². The molecule has 0 bridgehead atoms. The number of halogens is 2. The topological polar surface area (TPSA) is 91.6 Å². The van der Waals surface area contributed by atoms with Crippen molar-refractivity contribution in [2.24, 2.45) is 5.92 Å². The van der Waals surface area contributed by atoms with Crippen LogP contribution in [0.4, 0.5) is 8.78 Å². The predicted octanol–water partition coefficient (Wildman–Crippen LogP) is 1.94. The highest BCUT2D eigenvalue weighted by molar-refractivity contribution is 5.99. The summed E-state index contributed by atoms with van der Waals surface area (Å²) in [6, 6.07) is 2.89. The van der Waals surface area contributed by atoms with Gasteiger partial charge in [-0.15, -0.1) is 0 Å². The Bertz CT molecular complexity index is 1150. The van der Waals surface area contributed by atoms with Crippen molar-refractivity contribution in [3.63, 3.8) is 0 Å². The number of aromatic hydroxyl groups is 1. The Hall–Kier alpha value is -3.23. The number of carbonyl (C=O) groups is 2. The summed E-state index contributed by atoms with van der Waals surface area (Å²) in [7, 11) is 0. The first-order valence-electron chi connectivity index (χ1n) is 9.88. The van der Waals surface area contributed by atoms with E-state index in [1.165, 1.54) is 12.3 Å². The van der Waals surface area contributed by atoms with Gasteiger partial charge in [-0.1, -0.05) is 6.07 Å². The number of rotatable bonds is 3. The third kappa shape index (κ3) is 2.64. The maximum Gasteiger partial charge on any atom is 0.274 e. The van der Waals surface area contributed by atoms with Crippen molar-refractivity contribution in [2.45, 2.75) is 37.9 Å². The lowest BCUT2D eigenvalue weighted by Crippen LogP contribution is -2.48. The second-order valence-electron chi connectivity index (χ2n) is 8.08. The minimum Gasteiger partial charge on any atom is -0.503 e. The number of aromatic nitrogens is 1. The van der Waals surface area contributed by atoms with Crippen molar-refractivity contribution in [1.82, 2.24) is 14.8 Å². The molecule has 1 aromatic heterocycles. The number of nitrogens with zero attached hydrogens (tertiary/aromatic N) is 2. The fourth-order valence-corrected chi connectivity index (χ4v) is 5.14. The zero-order chi connectivity index (χ0) is 21.2. The Morgan fingerprint density at radius 1 is 1.20 bits per heavy atom. The Labute approximate surface area is 169 Å². The minimum absolute atomic E-state index is 0.0103. The molecule has 2 aromatic rings. The van der Waals surface area contributed by atoms with Crippen LogP contribution in [-0.4, -0.2) is 39.0 Å². The number of fused-ring (bicyclic) bond motifs is 2. The Kier molecular flexibility index (Phi) is 4.16. The predicted molar refractivity (Wildman–Crippen MR) is 101 cm³/mol. The maximum atomic E-state index is 13.8. The lowest BCUT2D eigenvalue weighted by atomic mass is 9.99. The van der Waals surface area contributed by atoms with Gasteiger partial charge in [0.15, 0.2) is 11.4 Å². The lowest BCUT2D eigenvalue weighted by Gasteiger charge is -2.38. The number of amides is 2. The highest BCUT2D eigenvalue weighted by atomic mass is 19.1. The van der Waals surface area contributed by atoms with Crippen molar-refractivity contribution in [1.29, 1.82) is 0 Å². The van der Waals surface area contributed by atoms with E-state index in [-0.39, 0.29) is 35.4 Å². The van der Waals surface area contributed by atoms with Crippen molar-refractivity contribution < 1.29 is 23.5 Å². The summed E-state index contributed by atoms with van der Waals surface area (Å²) in [5.41, 5.74) is -1.28. The molecule has 2 N–H and O–H groups in total. The highest BCUT2D eigenvalue weighted by Crippen LogP contribution is 2.48. The fourth-order valence-electron chi connectivity index (χ4n) is 5.14. The van der Waals surface area contributed by atoms with Gasteiger partial charge in [-0.3, -0.25) is 14.4 Å². The van der Waals surface area contributed by atoms with Crippen molar-refractivity contribution >= 4 is 11.8 Å². The van der Waals surface area contributed by atoms with Crippen LogP contribution in [0.3, 0.4) is 0 Å². The highest BCUT2D eigenvalue weighted by Gasteiger charge is 2.51. The first-order chi connectivity index (χ1) is 14.4. The first kappa shape index (κ1) is 18.8. The summed E-state index contributed by atoms with van der Waals surface area (Å²) in [6.45, 7) is 0.345. The van der Waals surface area contributed by atoms with Gasteiger partial charge < -0.3 is 19.9 Å². The smallest absolute Gasteiger partial charge is 0.274 e. The van der Waals surface area contributed by atoms with Crippen LogP contribution >= 0.6 is 0 Å². The largest absolute Gasteiger partial charge is 0.503 e. The van der Waals surface area contributed by atoms with Gasteiger partial charge in [0.2, 0.25) is 5.43 Å². The zero-order valence-corrected chi connectivity index (χ0v) is 15.9. The van der Waals surface area contributed by atoms with Crippen LogP contribution in [0.1, 0.15) is 51.7 Å². The Balaban J connectivity index is 1.49. The van der Waals surface area contributed by atoms with E-state index in [1.54, 1.807) is 9.47 Å². The molecule has 156 valence electrons. The summed E-state index contributed by atoms with van der Waals surface area (Å²) in [5.74, 6) is -3.10. The quantitative estimate of drug-likeness (QED) is 0.802. The van der Waals surface area contributed by atoms with Gasteiger partial charge in [0, 0.05) is 30.9 Å². The van der Waals surface area contributed by atoms with Crippen LogP contribution in [-0.2, 0) is 6.54 Å². The molecule has 3 heterocycles. The summed E-state index contributed by atoms with van der Waals surface area (Å²) in [4.78, 5) is 39.9. The van der Waals surface area contributed by atoms with E-state index in [2.05, 4.69) is 5.32 Å². The molecular formula is C21H19F2N3O4. The van der Waals surface area contributed by atoms with Crippen LogP contribution in [0.5, 0.6) is 5.75 Å². The molecule has 0 unspecified atom stereocenters. The average Bonchev–Trinajstić information content (AvgIpc) is 3.31. The second kappa shape index (κ2) is 6.65. The molecule has 3 aliphatic rings. The monoisotopic (exact) mass is 415 g/mol. The van der Waals surface area contributed by atoms with Crippen molar-refractivity contribution in [3.05, 3.63) is 63.1 Å². The molecule has 2 amide bonds. The van der Waals surface area contributed by atoms with E-state index in [0.29, 0.717) is 18.5 Å². The van der Waals surface area contributed by atoms with Gasteiger partial charge >= 0.3 is 0 Å². The third-order valence-corrected chi connectivity index (χ3v) is 6.54. The van der Waals surface area contributed by atoms with Crippen LogP contribution in [0, 0.1) is 17.6 Å². The summed E-state index contributed by atoms with van der Waals surface area (Å²) in [5, 5.41) is 12.9. The summed E-state index contributed by atoms with van der Waals surface area (Å²) in [6.07, 6.45) is 3.95. The van der Waals surface area contributed by atoms with Gasteiger partial charge in [-0.2, -0.15) is 0 Å². The molecule has 3 atom stereocenters. The number of benzene rings is 1. The third-order valence-electron chi connectivity index (χ3n) is 6.54. The van der Waals surface area contributed by atoms with E-state index < -0.39 is 34.6 Å². The van der Waals surface area contributed by atoms with E-state index in [9.17, 15) is 28.3 Å². The standard InChI is InChI=1S/C21H19F2N3O4/c22-12-3-1-11(14(23)7-12)8-24-20(29)13-9-26-15-4-2-10-5-6-25(16(10)15)21(30)17(26)19(28)18(13)27/h1,3,7,9-10,15-16,28H,2,4-6,8H2,(H,24,29)/t10-,15+,16+/m0/s1. The molecular weight excluding hydrogens is 396 g/mol. The molecule has 0 spiro atoms. The number of hydrogen-bond donors (Lipinski definition) is 2. The fraction of sp³-hybridized carbons (Fsp3) is 0.381. The molecule has 0 radical (unpaired) electrons. The van der Waals surface area contributed by atoms with E-state index in [1.807, 2.05) is 0 Å². The SMILES string of the molecule is O=C(NCc1ccc(F)cc1F)c1cn2c(c(O)c1=O)C(=O)N1CC[C@@H]3CC[C@@H]2[C@@H]31. The molecule has 2 aliphatic heterocycles. The van der Waals surface area contributed by atoms with E-state index >= 15 is 0 Å². The Morgan fingerprint density at radius 3 is 2.77 bits per heavy atom. The molecule has 1 aliphatic carbocycles. The lowest BCUT2D eigenvalue weighted by molar-refractivity contribution is 0.0609. The number of pyridine rings is 1. The summed E-state index contributed by atoms with van der Waals surface area (Å²) >= 11 is 0. The molecule has 30 heavy (non-hydrogen) atoms. The van der Waals surface area contributed by atoms with Gasteiger partial charge in [0.25, 0.3) is 11.8 Å². The van der Waals surface area contributed by atoms with Gasteiger partial charge in [0.1, 0.15) is 17.2 Å². The number of hydrogen-bond acceptors (Lipinski definition) is 4. The van der Waals surface area contributed by atoms with Gasteiger partial charge in [-0.05, 0) is 31.2 Å². The zero-order valence-electron chi connectivity index (χ0n) is 15.9. The maximum absolute atomic E-state index is 13.8. The normalized spacial score (nSPS) is 24.0. The van der Waals surface area contributed by atoms with Gasteiger partial charge in [0.05, 0.1) is 12.1 Å². The molecule has 5 rings (SSSR count). The van der Waals surface area contributed by atoms with Crippen LogP contribution in [0.25, 0.3) is 0 Å². The van der Waals surface area contributed by atoms with E-state index in [0.717, 1.165) is 25.3 Å². The number of nitrogens with one attached hydrogen (secondary N) is 1. The molecule has 9 heteroatoms. The van der Waals surface area contributed by atoms with E-state index in [4.69, 9.17) is 0 Å². The molecule has 1 saturated heterocycles. The van der Waals surface area contributed by atoms with Crippen LogP contribution < -0.4 is 10.7 Å². The molecule has 2 fully saturated rings. The first-order valence-corrected chi connectivity index (χ1v) is 9.88. The average molecular weight is 415 g/mol. The summed E-state index contributed by atoms with van der Waals surface area (Å²) < 4.78 is 28.4.